The summed E-state index contributed by atoms with van der Waals surface area (Å²) in [6.45, 7) is 7.30. The minimum absolute atomic E-state index is 0.0682. The molecule has 0 spiro atoms. The smallest absolute Gasteiger partial charge is 0.416 e. The lowest BCUT2D eigenvalue weighted by Gasteiger charge is -2.33. The standard InChI is InChI=1S/C34H38F3N3O4/c1-4-44-33(43)31(22(2)3)39-30(41)21-23-17-19-40(20-18-23)27-15-13-26(14-16-27)38-32(42)29-8-6-5-7-28(29)24-9-11-25(12-10-24)34(35,36)37/h5-16,22-23,31H,4,17-21H2,1-3H3,(H,38,42)(H,39,41)/t31-/m1/s1. The molecule has 1 aliphatic heterocycles. The van der Waals surface area contributed by atoms with E-state index in [0.29, 0.717) is 28.8 Å². The lowest BCUT2D eigenvalue weighted by Crippen LogP contribution is -2.46. The van der Waals surface area contributed by atoms with Gasteiger partial charge in [-0.3, -0.25) is 9.59 Å². The number of carbonyl (C=O) groups excluding carboxylic acids is 3. The van der Waals surface area contributed by atoms with Gasteiger partial charge in [-0.05, 0) is 85.2 Å². The molecule has 0 aromatic heterocycles. The van der Waals surface area contributed by atoms with E-state index in [1.54, 1.807) is 31.2 Å². The summed E-state index contributed by atoms with van der Waals surface area (Å²) in [5.41, 5.74) is 2.24. The number of hydrogen-bond acceptors (Lipinski definition) is 5. The third-order valence-corrected chi connectivity index (χ3v) is 7.80. The largest absolute Gasteiger partial charge is 0.464 e. The monoisotopic (exact) mass is 609 g/mol. The SMILES string of the molecule is CCOC(=O)[C@H](NC(=O)CC1CCN(c2ccc(NC(=O)c3ccccc3-c3ccc(C(F)(F)F)cc3)cc2)CC1)C(C)C. The molecule has 44 heavy (non-hydrogen) atoms. The van der Waals surface area contributed by atoms with Crippen molar-refractivity contribution in [1.29, 1.82) is 0 Å². The highest BCUT2D eigenvalue weighted by Crippen LogP contribution is 2.32. The summed E-state index contributed by atoms with van der Waals surface area (Å²) in [6.07, 6.45) is -2.41. The third-order valence-electron chi connectivity index (χ3n) is 7.80. The number of nitrogens with one attached hydrogen (secondary N) is 2. The molecule has 2 amide bonds. The second kappa shape index (κ2) is 14.4. The van der Waals surface area contributed by atoms with E-state index in [4.69, 9.17) is 4.74 Å². The van der Waals surface area contributed by atoms with Crippen molar-refractivity contribution in [3.8, 4) is 11.1 Å². The van der Waals surface area contributed by atoms with E-state index in [1.807, 2.05) is 38.1 Å². The van der Waals surface area contributed by atoms with E-state index >= 15 is 0 Å². The number of piperidine rings is 1. The van der Waals surface area contributed by atoms with E-state index in [-0.39, 0.29) is 30.3 Å². The van der Waals surface area contributed by atoms with Crippen LogP contribution in [0.3, 0.4) is 0 Å². The number of esters is 1. The quantitative estimate of drug-likeness (QED) is 0.243. The Bertz CT molecular complexity index is 1430. The predicted octanol–water partition coefficient (Wildman–Crippen LogP) is 6.94. The average Bonchev–Trinajstić information content (AvgIpc) is 3.00. The fourth-order valence-electron chi connectivity index (χ4n) is 5.35. The Balaban J connectivity index is 1.31. The summed E-state index contributed by atoms with van der Waals surface area (Å²) in [4.78, 5) is 40.2. The molecular formula is C34H38F3N3O4. The van der Waals surface area contributed by atoms with Crippen LogP contribution in [0.1, 0.15) is 56.0 Å². The van der Waals surface area contributed by atoms with Gasteiger partial charge in [0, 0.05) is 36.4 Å². The molecule has 3 aromatic rings. The predicted molar refractivity (Wildman–Crippen MR) is 164 cm³/mol. The molecule has 1 saturated heterocycles. The molecule has 2 N–H and O–H groups in total. The number of benzene rings is 3. The Morgan fingerprint density at radius 3 is 2.16 bits per heavy atom. The second-order valence-electron chi connectivity index (χ2n) is 11.3. The first kappa shape index (κ1) is 32.6. The first-order valence-corrected chi connectivity index (χ1v) is 14.8. The molecule has 3 aromatic carbocycles. The third kappa shape index (κ3) is 8.39. The van der Waals surface area contributed by atoms with Crippen molar-refractivity contribution in [2.24, 2.45) is 11.8 Å². The Labute approximate surface area is 255 Å². The van der Waals surface area contributed by atoms with Gasteiger partial charge in [0.2, 0.25) is 5.91 Å². The van der Waals surface area contributed by atoms with Crippen LogP contribution in [0.4, 0.5) is 24.5 Å². The number of anilines is 2. The van der Waals surface area contributed by atoms with Crippen molar-refractivity contribution >= 4 is 29.2 Å². The van der Waals surface area contributed by atoms with Crippen LogP contribution in [0.25, 0.3) is 11.1 Å². The number of hydrogen-bond donors (Lipinski definition) is 2. The van der Waals surface area contributed by atoms with Gasteiger partial charge in [-0.1, -0.05) is 44.2 Å². The van der Waals surface area contributed by atoms with Crippen LogP contribution in [0.5, 0.6) is 0 Å². The van der Waals surface area contributed by atoms with Gasteiger partial charge < -0.3 is 20.3 Å². The van der Waals surface area contributed by atoms with Gasteiger partial charge in [0.1, 0.15) is 6.04 Å². The van der Waals surface area contributed by atoms with E-state index < -0.39 is 23.8 Å². The molecule has 1 fully saturated rings. The van der Waals surface area contributed by atoms with Gasteiger partial charge in [-0.2, -0.15) is 13.2 Å². The van der Waals surface area contributed by atoms with Crippen LogP contribution in [-0.4, -0.2) is 43.5 Å². The van der Waals surface area contributed by atoms with E-state index in [2.05, 4.69) is 15.5 Å². The van der Waals surface area contributed by atoms with Crippen LogP contribution < -0.4 is 15.5 Å². The molecule has 0 aliphatic carbocycles. The number of alkyl halides is 3. The summed E-state index contributed by atoms with van der Waals surface area (Å²) < 4.78 is 44.1. The van der Waals surface area contributed by atoms with E-state index in [1.165, 1.54) is 12.1 Å². The molecule has 1 atom stereocenters. The lowest BCUT2D eigenvalue weighted by molar-refractivity contribution is -0.148. The van der Waals surface area contributed by atoms with Crippen LogP contribution >= 0.6 is 0 Å². The number of amides is 2. The molecule has 10 heteroatoms. The number of carbonyl (C=O) groups is 3. The van der Waals surface area contributed by atoms with Crippen molar-refractivity contribution in [2.75, 3.05) is 29.9 Å². The Morgan fingerprint density at radius 2 is 1.57 bits per heavy atom. The summed E-state index contributed by atoms with van der Waals surface area (Å²) in [5.74, 6) is -0.773. The van der Waals surface area contributed by atoms with Gasteiger partial charge >= 0.3 is 12.1 Å². The van der Waals surface area contributed by atoms with Gasteiger partial charge in [0.15, 0.2) is 0 Å². The molecule has 0 saturated carbocycles. The Hall–Kier alpha value is -4.34. The zero-order valence-corrected chi connectivity index (χ0v) is 25.1. The van der Waals surface area contributed by atoms with Gasteiger partial charge in [0.05, 0.1) is 12.2 Å². The fourth-order valence-corrected chi connectivity index (χ4v) is 5.35. The number of ether oxygens (including phenoxy) is 1. The van der Waals surface area contributed by atoms with Gasteiger partial charge in [-0.25, -0.2) is 4.79 Å². The second-order valence-corrected chi connectivity index (χ2v) is 11.3. The van der Waals surface area contributed by atoms with Crippen LogP contribution in [0, 0.1) is 11.8 Å². The Kier molecular flexibility index (Phi) is 10.7. The van der Waals surface area contributed by atoms with Crippen LogP contribution in [0.15, 0.2) is 72.8 Å². The number of nitrogens with zero attached hydrogens (tertiary/aromatic N) is 1. The highest BCUT2D eigenvalue weighted by atomic mass is 19.4. The maximum Gasteiger partial charge on any atom is 0.416 e. The van der Waals surface area contributed by atoms with Crippen molar-refractivity contribution in [3.63, 3.8) is 0 Å². The molecular weight excluding hydrogens is 571 g/mol. The van der Waals surface area contributed by atoms with Gasteiger partial charge in [-0.15, -0.1) is 0 Å². The molecule has 7 nitrogen and oxygen atoms in total. The first-order chi connectivity index (χ1) is 21.0. The molecule has 1 heterocycles. The summed E-state index contributed by atoms with van der Waals surface area (Å²) in [5, 5.41) is 5.73. The van der Waals surface area contributed by atoms with Crippen molar-refractivity contribution < 1.29 is 32.3 Å². The van der Waals surface area contributed by atoms with Crippen molar-refractivity contribution in [2.45, 2.75) is 52.3 Å². The zero-order valence-electron chi connectivity index (χ0n) is 25.1. The molecule has 4 rings (SSSR count). The maximum atomic E-state index is 13.2. The summed E-state index contributed by atoms with van der Waals surface area (Å²) >= 11 is 0. The Morgan fingerprint density at radius 1 is 0.932 bits per heavy atom. The first-order valence-electron chi connectivity index (χ1n) is 14.8. The lowest BCUT2D eigenvalue weighted by atomic mass is 9.92. The highest BCUT2D eigenvalue weighted by molar-refractivity contribution is 6.08. The van der Waals surface area contributed by atoms with Crippen LogP contribution in [-0.2, 0) is 20.5 Å². The number of rotatable bonds is 10. The minimum Gasteiger partial charge on any atom is -0.464 e. The maximum absolute atomic E-state index is 13.2. The zero-order chi connectivity index (χ0) is 31.9. The molecule has 0 unspecified atom stereocenters. The molecule has 0 radical (unpaired) electrons. The van der Waals surface area contributed by atoms with Crippen LogP contribution in [0.2, 0.25) is 0 Å². The van der Waals surface area contributed by atoms with E-state index in [0.717, 1.165) is 43.8 Å². The molecule has 1 aliphatic rings. The molecule has 0 bridgehead atoms. The fraction of sp³-hybridized carbons (Fsp3) is 0.382. The summed E-state index contributed by atoms with van der Waals surface area (Å²) in [7, 11) is 0. The normalized spacial score (nSPS) is 14.7. The minimum atomic E-state index is -4.43. The van der Waals surface area contributed by atoms with Crippen molar-refractivity contribution in [3.05, 3.63) is 83.9 Å². The molecule has 234 valence electrons. The highest BCUT2D eigenvalue weighted by Gasteiger charge is 2.30. The number of halogens is 3. The van der Waals surface area contributed by atoms with E-state index in [9.17, 15) is 27.6 Å². The average molecular weight is 610 g/mol. The van der Waals surface area contributed by atoms with Crippen molar-refractivity contribution in [1.82, 2.24) is 5.32 Å². The topological polar surface area (TPSA) is 87.7 Å². The van der Waals surface area contributed by atoms with Gasteiger partial charge in [0.25, 0.3) is 5.91 Å². The summed E-state index contributed by atoms with van der Waals surface area (Å²) in [6, 6.07) is 18.4.